The smallest absolute Gasteiger partial charge is 0.323 e. The zero-order valence-electron chi connectivity index (χ0n) is 8.95. The number of hydrogen-bond acceptors (Lipinski definition) is 4. The van der Waals surface area contributed by atoms with Gasteiger partial charge in [0.05, 0.1) is 12.0 Å². The minimum atomic E-state index is -0.111. The van der Waals surface area contributed by atoms with Crippen LogP contribution in [0.3, 0.4) is 0 Å². The van der Waals surface area contributed by atoms with Crippen molar-refractivity contribution in [2.45, 2.75) is 43.0 Å². The molecule has 1 heterocycles. The predicted molar refractivity (Wildman–Crippen MR) is 64.5 cm³/mol. The summed E-state index contributed by atoms with van der Waals surface area (Å²) in [7, 11) is 1.46. The molecule has 5 heteroatoms. The van der Waals surface area contributed by atoms with E-state index in [1.807, 2.05) is 11.8 Å². The molecule has 1 saturated heterocycles. The minimum Gasteiger partial charge on any atom is -0.468 e. The van der Waals surface area contributed by atoms with Crippen LogP contribution in [0, 0.1) is 0 Å². The summed E-state index contributed by atoms with van der Waals surface area (Å²) < 4.78 is 4.75. The van der Waals surface area contributed by atoms with Crippen LogP contribution in [0.15, 0.2) is 0 Å². The summed E-state index contributed by atoms with van der Waals surface area (Å²) in [6.45, 7) is 0. The molecule has 0 bridgehead atoms. The van der Waals surface area contributed by atoms with Gasteiger partial charge in [-0.2, -0.15) is 0 Å². The average Bonchev–Trinajstić information content (AvgIpc) is 2.62. The van der Waals surface area contributed by atoms with Crippen LogP contribution in [0.25, 0.3) is 0 Å². The zero-order chi connectivity index (χ0) is 10.0. The summed E-state index contributed by atoms with van der Waals surface area (Å²) in [6, 6.07) is -0.0805. The van der Waals surface area contributed by atoms with E-state index in [1.54, 1.807) is 0 Å². The minimum absolute atomic E-state index is 0. The van der Waals surface area contributed by atoms with E-state index in [1.165, 1.54) is 39.2 Å². The van der Waals surface area contributed by atoms with E-state index in [9.17, 15) is 4.79 Å². The first-order valence-corrected chi connectivity index (χ1v) is 6.24. The molecule has 0 amide bonds. The highest BCUT2D eigenvalue weighted by Gasteiger charge is 2.42. The van der Waals surface area contributed by atoms with Gasteiger partial charge in [0.1, 0.15) is 6.04 Å². The molecule has 3 nitrogen and oxygen atoms in total. The number of methoxy groups -OCH3 is 1. The lowest BCUT2D eigenvalue weighted by atomic mass is 9.94. The van der Waals surface area contributed by atoms with Crippen molar-refractivity contribution in [3.05, 3.63) is 0 Å². The van der Waals surface area contributed by atoms with Crippen LogP contribution >= 0.6 is 24.2 Å². The number of rotatable bonds is 1. The Balaban J connectivity index is 0.00000112. The fraction of sp³-hybridized carbons (Fsp3) is 0.900. The van der Waals surface area contributed by atoms with E-state index >= 15 is 0 Å². The Morgan fingerprint density at radius 2 is 2.07 bits per heavy atom. The number of carbonyl (C=O) groups is 1. The lowest BCUT2D eigenvalue weighted by Crippen LogP contribution is -2.46. The van der Waals surface area contributed by atoms with Crippen molar-refractivity contribution in [2.75, 3.05) is 12.9 Å². The van der Waals surface area contributed by atoms with E-state index in [-0.39, 0.29) is 29.3 Å². The summed E-state index contributed by atoms with van der Waals surface area (Å²) in [5.74, 6) is 0.757. The largest absolute Gasteiger partial charge is 0.468 e. The molecular weight excluding hydrogens is 234 g/mol. The van der Waals surface area contributed by atoms with Crippen LogP contribution < -0.4 is 5.32 Å². The van der Waals surface area contributed by atoms with Gasteiger partial charge in [0, 0.05) is 5.75 Å². The van der Waals surface area contributed by atoms with Crippen LogP contribution in [0.5, 0.6) is 0 Å². The van der Waals surface area contributed by atoms with Gasteiger partial charge in [0.15, 0.2) is 0 Å². The molecule has 2 rings (SSSR count). The Hall–Kier alpha value is 0.0700. The van der Waals surface area contributed by atoms with Crippen LogP contribution in [0.4, 0.5) is 0 Å². The molecular formula is C10H18ClNO2S. The van der Waals surface area contributed by atoms with Gasteiger partial charge >= 0.3 is 5.97 Å². The third kappa shape index (κ3) is 2.80. The van der Waals surface area contributed by atoms with Gasteiger partial charge in [0.2, 0.25) is 0 Å². The molecule has 1 unspecified atom stereocenters. The molecule has 2 aliphatic rings. The molecule has 15 heavy (non-hydrogen) atoms. The lowest BCUT2D eigenvalue weighted by Gasteiger charge is -2.33. The molecule has 1 saturated carbocycles. The van der Waals surface area contributed by atoms with Crippen LogP contribution in [-0.4, -0.2) is 29.7 Å². The zero-order valence-corrected chi connectivity index (χ0v) is 10.6. The number of thioether (sulfide) groups is 1. The number of ether oxygens (including phenoxy) is 1. The predicted octanol–water partition coefficient (Wildman–Crippen LogP) is 1.95. The number of esters is 1. The first-order chi connectivity index (χ1) is 6.76. The number of carbonyl (C=O) groups excluding carboxylic acids is 1. The summed E-state index contributed by atoms with van der Waals surface area (Å²) >= 11 is 1.91. The van der Waals surface area contributed by atoms with Gasteiger partial charge in [-0.3, -0.25) is 10.1 Å². The molecule has 0 aromatic heterocycles. The first-order valence-electron chi connectivity index (χ1n) is 5.25. The number of halogens is 1. The molecule has 1 aliphatic carbocycles. The molecule has 0 aromatic rings. The first kappa shape index (κ1) is 13.1. The molecule has 1 spiro atoms. The Labute approximate surface area is 101 Å². The van der Waals surface area contributed by atoms with Crippen LogP contribution in [0.1, 0.15) is 32.1 Å². The highest BCUT2D eigenvalue weighted by molar-refractivity contribution is 8.00. The molecule has 1 atom stereocenters. The van der Waals surface area contributed by atoms with Crippen molar-refractivity contribution >= 4 is 30.1 Å². The maximum Gasteiger partial charge on any atom is 0.323 e. The van der Waals surface area contributed by atoms with Gasteiger partial charge < -0.3 is 4.74 Å². The van der Waals surface area contributed by atoms with Crippen molar-refractivity contribution in [3.8, 4) is 0 Å². The van der Waals surface area contributed by atoms with Gasteiger partial charge in [0.25, 0.3) is 0 Å². The Bertz CT molecular complexity index is 231. The highest BCUT2D eigenvalue weighted by atomic mass is 35.5. The number of hydrogen-bond donors (Lipinski definition) is 1. The van der Waals surface area contributed by atoms with Crippen LogP contribution in [-0.2, 0) is 9.53 Å². The molecule has 2 fully saturated rings. The third-order valence-electron chi connectivity index (χ3n) is 3.11. The van der Waals surface area contributed by atoms with Crippen molar-refractivity contribution in [3.63, 3.8) is 0 Å². The second kappa shape index (κ2) is 5.41. The monoisotopic (exact) mass is 251 g/mol. The van der Waals surface area contributed by atoms with E-state index < -0.39 is 0 Å². The summed E-state index contributed by atoms with van der Waals surface area (Å²) in [5.41, 5.74) is 0. The van der Waals surface area contributed by atoms with Crippen molar-refractivity contribution in [1.29, 1.82) is 0 Å². The molecule has 1 aliphatic heterocycles. The maximum absolute atomic E-state index is 11.3. The Kier molecular flexibility index (Phi) is 4.74. The highest BCUT2D eigenvalue weighted by Crippen LogP contribution is 2.42. The quantitative estimate of drug-likeness (QED) is 0.723. The third-order valence-corrected chi connectivity index (χ3v) is 4.69. The van der Waals surface area contributed by atoms with Crippen molar-refractivity contribution in [2.24, 2.45) is 0 Å². The Morgan fingerprint density at radius 1 is 1.40 bits per heavy atom. The summed E-state index contributed by atoms with van der Waals surface area (Å²) in [4.78, 5) is 11.5. The van der Waals surface area contributed by atoms with Crippen molar-refractivity contribution < 1.29 is 9.53 Å². The summed E-state index contributed by atoms with van der Waals surface area (Å²) in [5, 5.41) is 3.45. The number of nitrogens with one attached hydrogen (secondary N) is 1. The Morgan fingerprint density at radius 3 is 2.67 bits per heavy atom. The second-order valence-electron chi connectivity index (χ2n) is 4.09. The van der Waals surface area contributed by atoms with Gasteiger partial charge in [-0.15, -0.1) is 24.2 Å². The SMILES string of the molecule is COC(=O)C1CSC2(CCCCC2)N1.Cl. The fourth-order valence-electron chi connectivity index (χ4n) is 2.32. The molecule has 0 aromatic carbocycles. The van der Waals surface area contributed by atoms with E-state index in [2.05, 4.69) is 5.32 Å². The standard InChI is InChI=1S/C10H17NO2S.ClH/c1-13-9(12)8-7-14-10(11-8)5-3-2-4-6-10;/h8,11H,2-7H2,1H3;1H. The molecule has 0 radical (unpaired) electrons. The van der Waals surface area contributed by atoms with Gasteiger partial charge in [-0.1, -0.05) is 19.3 Å². The second-order valence-corrected chi connectivity index (χ2v) is 5.49. The van der Waals surface area contributed by atoms with Crippen molar-refractivity contribution in [1.82, 2.24) is 5.32 Å². The van der Waals surface area contributed by atoms with Gasteiger partial charge in [-0.25, -0.2) is 0 Å². The molecule has 1 N–H and O–H groups in total. The lowest BCUT2D eigenvalue weighted by molar-refractivity contribution is -0.142. The van der Waals surface area contributed by atoms with Gasteiger partial charge in [-0.05, 0) is 12.8 Å². The van der Waals surface area contributed by atoms with Crippen LogP contribution in [0.2, 0.25) is 0 Å². The summed E-state index contributed by atoms with van der Waals surface area (Å²) in [6.07, 6.45) is 6.31. The topological polar surface area (TPSA) is 38.3 Å². The normalized spacial score (nSPS) is 28.5. The maximum atomic E-state index is 11.3. The van der Waals surface area contributed by atoms with E-state index in [0.717, 1.165) is 5.75 Å². The fourth-order valence-corrected chi connectivity index (χ4v) is 3.83. The van der Waals surface area contributed by atoms with E-state index in [0.29, 0.717) is 0 Å². The molecule has 88 valence electrons. The van der Waals surface area contributed by atoms with E-state index in [4.69, 9.17) is 4.74 Å². The average molecular weight is 252 g/mol.